The molecule has 11 radical (unpaired) electrons. The van der Waals surface area contributed by atoms with E-state index in [1.165, 1.54) is 0 Å². The molecule has 143 valence electrons. The number of hydrogen-bond acceptors (Lipinski definition) is 1. The minimum Gasteiger partial charge on any atom is -0.544 e. The molecule has 0 bridgehead atoms. The summed E-state index contributed by atoms with van der Waals surface area (Å²) in [6.45, 7) is 19.9. The van der Waals surface area contributed by atoms with Crippen molar-refractivity contribution in [3.63, 3.8) is 0 Å². The molecule has 2 saturated carbocycles. The fraction of sp³-hybridized carbons (Fsp3) is 0.450. The van der Waals surface area contributed by atoms with Gasteiger partial charge in [0.15, 0.2) is 0 Å². The van der Waals surface area contributed by atoms with Crippen LogP contribution in [0, 0.1) is 64.2 Å². The van der Waals surface area contributed by atoms with Crippen molar-refractivity contribution in [2.24, 2.45) is 0 Å². The van der Waals surface area contributed by atoms with Gasteiger partial charge in [0.2, 0.25) is 0 Å². The maximum atomic E-state index is 11.8. The smallest absolute Gasteiger partial charge is 0.00715 e. The summed E-state index contributed by atoms with van der Waals surface area (Å²) in [5.41, 5.74) is 0. The van der Waals surface area contributed by atoms with Gasteiger partial charge in [0.1, 0.15) is 0 Å². The van der Waals surface area contributed by atoms with Crippen LogP contribution in [0.2, 0.25) is 58.9 Å². The largest absolute Gasteiger partial charge is 0.544 e. The van der Waals surface area contributed by atoms with E-state index >= 15 is 0 Å². The first-order chi connectivity index (χ1) is 11.3. The minimum atomic E-state index is -1.76. The number of carbonyl (C=O) groups excluding carboxylic acids is 1. The van der Waals surface area contributed by atoms with Crippen LogP contribution in [-0.2, 0) is 30.6 Å². The van der Waals surface area contributed by atoms with Crippen LogP contribution < -0.4 is 0 Å². The Bertz CT molecular complexity index is 311. The molecule has 26 heavy (non-hydrogen) atoms. The van der Waals surface area contributed by atoms with Crippen LogP contribution in [0.5, 0.6) is 0 Å². The summed E-state index contributed by atoms with van der Waals surface area (Å²) in [6.07, 6.45) is 20.0. The van der Waals surface area contributed by atoms with Crippen molar-refractivity contribution in [2.45, 2.75) is 58.9 Å². The maximum Gasteiger partial charge on any atom is 0.00715 e. The van der Waals surface area contributed by atoms with Crippen LogP contribution in [-0.4, -0.2) is 35.3 Å². The molecule has 0 aliphatic heterocycles. The molecule has 0 aromatic carbocycles. The Labute approximate surface area is 188 Å². The molecule has 2 rings (SSSR count). The molecule has 2 fully saturated rings. The third-order valence-corrected chi connectivity index (χ3v) is 73.4. The van der Waals surface area contributed by atoms with Crippen molar-refractivity contribution >= 4 is 35.3 Å². The average Bonchev–Trinajstić information content (AvgIpc) is 3.15. The molecule has 6 heteroatoms. The second kappa shape index (κ2) is 12.9. The summed E-state index contributed by atoms with van der Waals surface area (Å²) in [4.78, 5) is 11.8. The topological polar surface area (TPSA) is 17.1 Å². The third kappa shape index (κ3) is 8.83. The molecular weight excluding hydrogens is 414 g/mol. The summed E-state index contributed by atoms with van der Waals surface area (Å²) in [5, 5.41) is 0. The predicted molar refractivity (Wildman–Crippen MR) is 124 cm³/mol. The van der Waals surface area contributed by atoms with Gasteiger partial charge in [-0.25, -0.2) is 0 Å². The minimum absolute atomic E-state index is 0. The van der Waals surface area contributed by atoms with Crippen LogP contribution in [0.1, 0.15) is 0 Å². The van der Waals surface area contributed by atoms with Crippen molar-refractivity contribution in [1.82, 2.24) is 0 Å². The molecule has 1 nitrogen and oxygen atoms in total. The molecule has 0 unspecified atom stereocenters. The molecule has 0 saturated heterocycles. The summed E-state index contributed by atoms with van der Waals surface area (Å²) in [6, 6.07) is 0. The van der Waals surface area contributed by atoms with Gasteiger partial charge in [-0.3, -0.25) is 5.91 Å². The molecule has 0 aromatic rings. The predicted octanol–water partition coefficient (Wildman–Crippen LogP) is 5.37. The maximum absolute atomic E-state index is 11.8. The fourth-order valence-electron chi connectivity index (χ4n) is 4.48. The van der Waals surface area contributed by atoms with E-state index in [-0.39, 0.29) is 25.8 Å². The van der Waals surface area contributed by atoms with Crippen LogP contribution >= 0.6 is 0 Å². The fourth-order valence-corrected chi connectivity index (χ4v) is 95.9. The summed E-state index contributed by atoms with van der Waals surface area (Å²) in [7, 11) is -4.11. The van der Waals surface area contributed by atoms with Gasteiger partial charge in [0.05, 0.1) is 0 Å². The van der Waals surface area contributed by atoms with Gasteiger partial charge in [-0.2, -0.15) is 0 Å². The molecule has 0 spiro atoms. The number of rotatable bonds is 4. The van der Waals surface area contributed by atoms with Gasteiger partial charge >= 0.3 is 0 Å². The molecule has 0 aromatic heterocycles. The Morgan fingerprint density at radius 2 is 0.615 bits per heavy atom. The zero-order valence-electron chi connectivity index (χ0n) is 18.3. The third-order valence-electron chi connectivity index (χ3n) is 4.64. The van der Waals surface area contributed by atoms with Crippen LogP contribution in [0.15, 0.2) is 0 Å². The van der Waals surface area contributed by atoms with Crippen LogP contribution in [0.25, 0.3) is 0 Å². The quantitative estimate of drug-likeness (QED) is 0.415. The van der Waals surface area contributed by atoms with Gasteiger partial charge in [-0.1, -0.05) is 65.5 Å². The van der Waals surface area contributed by atoms with Gasteiger partial charge in [-0.15, -0.1) is 0 Å². The molecular formula is C20H37OScSi4-. The van der Waals surface area contributed by atoms with E-state index in [2.05, 4.69) is 64.8 Å². The first-order valence-electron chi connectivity index (χ1n) is 9.04. The van der Waals surface area contributed by atoms with E-state index in [4.69, 9.17) is 0 Å². The van der Waals surface area contributed by atoms with E-state index in [1.807, 2.05) is 64.2 Å². The second-order valence-corrected chi connectivity index (χ2v) is 49.5. The Hall–Kier alpha value is 1.41. The molecule has 0 amide bonds. The molecule has 2 aliphatic rings. The second-order valence-electron chi connectivity index (χ2n) is 9.53. The number of hydrogen-bond donors (Lipinski definition) is 0. The normalized spacial score (nSPS) is 18.0. The molecule has 0 N–H and O–H groups in total. The molecule has 2 aliphatic carbocycles. The van der Waals surface area contributed by atoms with Crippen molar-refractivity contribution in [1.29, 1.82) is 0 Å². The van der Waals surface area contributed by atoms with Gasteiger partial charge in [-0.05, 0) is 64.2 Å². The monoisotopic (exact) mass is 450 g/mol. The van der Waals surface area contributed by atoms with E-state index in [9.17, 15) is 4.79 Å². The van der Waals surface area contributed by atoms with E-state index in [0.717, 1.165) is 0 Å². The van der Waals surface area contributed by atoms with Crippen molar-refractivity contribution < 1.29 is 30.6 Å². The van der Waals surface area contributed by atoms with Crippen molar-refractivity contribution in [3.05, 3.63) is 64.2 Å². The van der Waals surface area contributed by atoms with Gasteiger partial charge in [0.25, 0.3) is 0 Å². The summed E-state index contributed by atoms with van der Waals surface area (Å²) < 4.78 is 0. The Kier molecular flexibility index (Phi) is 14.6. The standard InChI is InChI=1S/C10H27OSi4.2C5H5.Sc/c1-12(2,3)15(10-11,13(4,5)6)14(7,8)9;2*1-2-4-5-3-1;/h1-9H3;2*1-5H;/q-1;;;. The first-order valence-corrected chi connectivity index (χ1v) is 24.5. The van der Waals surface area contributed by atoms with Crippen molar-refractivity contribution in [3.8, 4) is 0 Å². The summed E-state index contributed by atoms with van der Waals surface area (Å²) >= 11 is 0. The first kappa shape index (κ1) is 29.6. The zero-order valence-corrected chi connectivity index (χ0v) is 24.1. The van der Waals surface area contributed by atoms with Crippen molar-refractivity contribution in [2.75, 3.05) is 0 Å². The van der Waals surface area contributed by atoms with E-state index in [0.29, 0.717) is 0 Å². The van der Waals surface area contributed by atoms with E-state index < -0.39 is 29.4 Å². The molecule has 0 atom stereocenters. The Morgan fingerprint density at radius 3 is 0.654 bits per heavy atom. The zero-order chi connectivity index (χ0) is 19.8. The Balaban J connectivity index is 0. The SMILES string of the molecule is C[Si](C)(C)[Si]([C-]=O)([Si](C)(C)C)[Si](C)(C)C.[CH]1[CH][CH][CH][CH]1.[CH]1[CH][CH][CH][CH]1.[Sc]. The molecule has 0 heterocycles. The Morgan fingerprint density at radius 1 is 0.462 bits per heavy atom. The van der Waals surface area contributed by atoms with Gasteiger partial charge < -0.3 is 4.79 Å². The van der Waals surface area contributed by atoms with Crippen LogP contribution in [0.4, 0.5) is 0 Å². The average molecular weight is 451 g/mol. The van der Waals surface area contributed by atoms with E-state index in [1.54, 1.807) is 0 Å². The summed E-state index contributed by atoms with van der Waals surface area (Å²) in [5.74, 6) is 2.71. The van der Waals surface area contributed by atoms with Gasteiger partial charge in [0, 0.05) is 48.6 Å². The van der Waals surface area contributed by atoms with Crippen LogP contribution in [0.3, 0.4) is 0 Å².